The van der Waals surface area contributed by atoms with E-state index in [1.807, 2.05) is 0 Å². The van der Waals surface area contributed by atoms with Crippen molar-refractivity contribution in [1.82, 2.24) is 15.0 Å². The van der Waals surface area contributed by atoms with Crippen LogP contribution in [0.2, 0.25) is 0 Å². The molecule has 2 aromatic rings. The number of alkyl halides is 3. The lowest BCUT2D eigenvalue weighted by atomic mass is 10.3. The Bertz CT molecular complexity index is 657. The molecule has 0 unspecified atom stereocenters. The molecule has 1 aromatic heterocycles. The summed E-state index contributed by atoms with van der Waals surface area (Å²) in [6.45, 7) is 0. The molecular formula is C10H5BrF3N3O3. The highest BCUT2D eigenvalue weighted by atomic mass is 79.9. The minimum absolute atomic E-state index is 0.000774. The van der Waals surface area contributed by atoms with Crippen molar-refractivity contribution in [2.45, 2.75) is 6.36 Å². The molecule has 1 N–H and O–H groups in total. The van der Waals surface area contributed by atoms with E-state index in [4.69, 9.17) is 5.11 Å². The van der Waals surface area contributed by atoms with Crippen LogP contribution in [-0.2, 0) is 0 Å². The number of hydrogen-bond acceptors (Lipinski definition) is 4. The molecule has 0 radical (unpaired) electrons. The topological polar surface area (TPSA) is 77.2 Å². The SMILES string of the molecule is O=C(O)c1cnnn1-c1ccc(OC(F)(F)F)c(Br)c1. The Morgan fingerprint density at radius 3 is 2.65 bits per heavy atom. The van der Waals surface area contributed by atoms with Gasteiger partial charge in [-0.25, -0.2) is 9.48 Å². The van der Waals surface area contributed by atoms with Gasteiger partial charge >= 0.3 is 12.3 Å². The Labute approximate surface area is 117 Å². The van der Waals surface area contributed by atoms with Crippen molar-refractivity contribution in [2.24, 2.45) is 0 Å². The number of nitrogens with zero attached hydrogens (tertiary/aromatic N) is 3. The zero-order chi connectivity index (χ0) is 14.9. The molecule has 0 saturated carbocycles. The number of benzene rings is 1. The predicted molar refractivity (Wildman–Crippen MR) is 62.7 cm³/mol. The van der Waals surface area contributed by atoms with Crippen LogP contribution in [0.1, 0.15) is 10.5 Å². The Morgan fingerprint density at radius 1 is 1.40 bits per heavy atom. The van der Waals surface area contributed by atoms with Gasteiger partial charge in [0.15, 0.2) is 5.69 Å². The summed E-state index contributed by atoms with van der Waals surface area (Å²) in [5.74, 6) is -1.71. The van der Waals surface area contributed by atoms with Gasteiger partial charge in [0.05, 0.1) is 16.4 Å². The number of aromatic carboxylic acids is 1. The van der Waals surface area contributed by atoms with Crippen molar-refractivity contribution in [1.29, 1.82) is 0 Å². The molecule has 0 spiro atoms. The van der Waals surface area contributed by atoms with Crippen molar-refractivity contribution >= 4 is 21.9 Å². The molecular weight excluding hydrogens is 347 g/mol. The Hall–Kier alpha value is -2.10. The smallest absolute Gasteiger partial charge is 0.476 e. The highest BCUT2D eigenvalue weighted by molar-refractivity contribution is 9.10. The fourth-order valence-electron chi connectivity index (χ4n) is 1.40. The van der Waals surface area contributed by atoms with E-state index >= 15 is 0 Å². The van der Waals surface area contributed by atoms with Gasteiger partial charge in [-0.1, -0.05) is 5.21 Å². The number of carbonyl (C=O) groups is 1. The summed E-state index contributed by atoms with van der Waals surface area (Å²) in [4.78, 5) is 10.9. The van der Waals surface area contributed by atoms with E-state index in [9.17, 15) is 18.0 Å². The lowest BCUT2D eigenvalue weighted by Crippen LogP contribution is -2.17. The number of aromatic nitrogens is 3. The summed E-state index contributed by atoms with van der Waals surface area (Å²) in [6, 6.07) is 3.51. The summed E-state index contributed by atoms with van der Waals surface area (Å²) < 4.78 is 41.1. The van der Waals surface area contributed by atoms with Crippen LogP contribution >= 0.6 is 15.9 Å². The molecule has 1 heterocycles. The van der Waals surface area contributed by atoms with Crippen LogP contribution in [0.3, 0.4) is 0 Å². The molecule has 1 aromatic carbocycles. The van der Waals surface area contributed by atoms with Crippen LogP contribution < -0.4 is 4.74 Å². The highest BCUT2D eigenvalue weighted by Crippen LogP contribution is 2.32. The van der Waals surface area contributed by atoms with E-state index in [1.54, 1.807) is 0 Å². The average Bonchev–Trinajstić information content (AvgIpc) is 2.79. The van der Waals surface area contributed by atoms with Gasteiger partial charge in [0, 0.05) is 0 Å². The second kappa shape index (κ2) is 5.12. The summed E-state index contributed by atoms with van der Waals surface area (Å²) in [7, 11) is 0. The van der Waals surface area contributed by atoms with Crippen molar-refractivity contribution in [3.63, 3.8) is 0 Å². The molecule has 2 rings (SSSR count). The van der Waals surface area contributed by atoms with E-state index < -0.39 is 18.1 Å². The first-order valence-corrected chi connectivity index (χ1v) is 5.77. The van der Waals surface area contributed by atoms with E-state index in [2.05, 4.69) is 31.0 Å². The maximum absolute atomic E-state index is 12.1. The third-order valence-corrected chi connectivity index (χ3v) is 2.77. The molecule has 106 valence electrons. The van der Waals surface area contributed by atoms with E-state index in [0.717, 1.165) is 16.9 Å². The van der Waals surface area contributed by atoms with Crippen molar-refractivity contribution in [2.75, 3.05) is 0 Å². The maximum atomic E-state index is 12.1. The number of carboxylic acid groups (broad SMARTS) is 1. The van der Waals surface area contributed by atoms with E-state index in [-0.39, 0.29) is 15.9 Å². The van der Waals surface area contributed by atoms with Crippen molar-refractivity contribution < 1.29 is 27.8 Å². The largest absolute Gasteiger partial charge is 0.573 e. The molecule has 10 heteroatoms. The second-order valence-corrected chi connectivity index (χ2v) is 4.35. The molecule has 0 aliphatic carbocycles. The Kier molecular flexibility index (Phi) is 3.66. The fourth-order valence-corrected chi connectivity index (χ4v) is 1.85. The standard InChI is InChI=1S/C10H5BrF3N3O3/c11-6-3-5(1-2-8(6)20-10(12,13)14)17-7(9(18)19)4-15-16-17/h1-4H,(H,18,19). The van der Waals surface area contributed by atoms with E-state index in [1.165, 1.54) is 12.1 Å². The van der Waals surface area contributed by atoms with Gasteiger partial charge in [-0.15, -0.1) is 18.3 Å². The minimum Gasteiger partial charge on any atom is -0.476 e. The fraction of sp³-hybridized carbons (Fsp3) is 0.100. The lowest BCUT2D eigenvalue weighted by Gasteiger charge is -2.11. The molecule has 6 nitrogen and oxygen atoms in total. The van der Waals surface area contributed by atoms with Crippen LogP contribution in [0.15, 0.2) is 28.9 Å². The third kappa shape index (κ3) is 3.07. The quantitative estimate of drug-likeness (QED) is 0.919. The zero-order valence-corrected chi connectivity index (χ0v) is 11.0. The molecule has 0 atom stereocenters. The first-order chi connectivity index (χ1) is 9.28. The van der Waals surface area contributed by atoms with Crippen molar-refractivity contribution in [3.05, 3.63) is 34.6 Å². The van der Waals surface area contributed by atoms with Gasteiger partial charge in [-0.3, -0.25) is 0 Å². The highest BCUT2D eigenvalue weighted by Gasteiger charge is 2.32. The molecule has 0 saturated heterocycles. The van der Waals surface area contributed by atoms with Gasteiger partial charge in [0.2, 0.25) is 0 Å². The van der Waals surface area contributed by atoms with Gasteiger partial charge in [-0.2, -0.15) is 0 Å². The summed E-state index contributed by atoms with van der Waals surface area (Å²) >= 11 is 2.91. The molecule has 0 amide bonds. The summed E-state index contributed by atoms with van der Waals surface area (Å²) in [5.41, 5.74) is 0.00249. The second-order valence-electron chi connectivity index (χ2n) is 3.50. The number of rotatable bonds is 3. The first kappa shape index (κ1) is 14.3. The third-order valence-electron chi connectivity index (χ3n) is 2.15. The number of hydrogen-bond donors (Lipinski definition) is 1. The molecule has 0 fully saturated rings. The average molecular weight is 352 g/mol. The molecule has 0 aliphatic rings. The Balaban J connectivity index is 2.38. The normalized spacial score (nSPS) is 11.4. The van der Waals surface area contributed by atoms with E-state index in [0.29, 0.717) is 0 Å². The van der Waals surface area contributed by atoms with Crippen LogP contribution in [0, 0.1) is 0 Å². The monoisotopic (exact) mass is 351 g/mol. The minimum atomic E-state index is -4.82. The maximum Gasteiger partial charge on any atom is 0.573 e. The first-order valence-electron chi connectivity index (χ1n) is 4.97. The number of halogens is 4. The molecule has 20 heavy (non-hydrogen) atoms. The number of carboxylic acids is 1. The van der Waals surface area contributed by atoms with Crippen LogP contribution in [0.5, 0.6) is 5.75 Å². The van der Waals surface area contributed by atoms with Crippen LogP contribution in [-0.4, -0.2) is 32.4 Å². The Morgan fingerprint density at radius 2 is 2.10 bits per heavy atom. The zero-order valence-electron chi connectivity index (χ0n) is 9.43. The number of ether oxygens (including phenoxy) is 1. The van der Waals surface area contributed by atoms with Gasteiger partial charge < -0.3 is 9.84 Å². The van der Waals surface area contributed by atoms with Gasteiger partial charge in [0.1, 0.15) is 5.75 Å². The van der Waals surface area contributed by atoms with Gasteiger partial charge in [-0.05, 0) is 34.1 Å². The molecule has 0 bridgehead atoms. The summed E-state index contributed by atoms with van der Waals surface area (Å²) in [5, 5.41) is 15.9. The predicted octanol–water partition coefficient (Wildman–Crippen LogP) is 2.63. The van der Waals surface area contributed by atoms with Crippen LogP contribution in [0.4, 0.5) is 13.2 Å². The van der Waals surface area contributed by atoms with Crippen LogP contribution in [0.25, 0.3) is 5.69 Å². The lowest BCUT2D eigenvalue weighted by molar-refractivity contribution is -0.274. The van der Waals surface area contributed by atoms with Crippen molar-refractivity contribution in [3.8, 4) is 11.4 Å². The molecule has 0 aliphatic heterocycles. The summed E-state index contributed by atoms with van der Waals surface area (Å²) in [6.07, 6.45) is -3.79. The van der Waals surface area contributed by atoms with Gasteiger partial charge in [0.25, 0.3) is 0 Å².